The van der Waals surface area contributed by atoms with Crippen LogP contribution in [0.1, 0.15) is 50.9 Å². The van der Waals surface area contributed by atoms with Gasteiger partial charge in [-0.25, -0.2) is 0 Å². The molecule has 0 unspecified atom stereocenters. The lowest BCUT2D eigenvalue weighted by atomic mass is 9.99. The van der Waals surface area contributed by atoms with Crippen LogP contribution in [0.4, 0.5) is 0 Å². The molecule has 0 fully saturated rings. The van der Waals surface area contributed by atoms with Crippen molar-refractivity contribution < 1.29 is 0 Å². The minimum absolute atomic E-state index is 0.405. The van der Waals surface area contributed by atoms with E-state index in [4.69, 9.17) is 0 Å². The lowest BCUT2D eigenvalue weighted by Gasteiger charge is -2.09. The molecule has 0 saturated heterocycles. The van der Waals surface area contributed by atoms with Gasteiger partial charge in [0.1, 0.15) is 0 Å². The van der Waals surface area contributed by atoms with Gasteiger partial charge in [0.15, 0.2) is 0 Å². The molecule has 0 spiro atoms. The van der Waals surface area contributed by atoms with Crippen molar-refractivity contribution in [2.24, 2.45) is 0 Å². The molecule has 19 heavy (non-hydrogen) atoms. The quantitative estimate of drug-likeness (QED) is 0.737. The third-order valence-corrected chi connectivity index (χ3v) is 3.57. The first kappa shape index (κ1) is 12.2. The van der Waals surface area contributed by atoms with Crippen LogP contribution in [0.25, 0.3) is 21.8 Å². The van der Waals surface area contributed by atoms with Crippen LogP contribution in [-0.4, -0.2) is 15.0 Å². The zero-order valence-electron chi connectivity index (χ0n) is 11.9. The smallest absolute Gasteiger partial charge is 0.0529 e. The molecular formula is C16H19N3. The van der Waals surface area contributed by atoms with Crippen LogP contribution < -0.4 is 0 Å². The second kappa shape index (κ2) is 4.34. The van der Waals surface area contributed by atoms with E-state index in [0.29, 0.717) is 11.8 Å². The van der Waals surface area contributed by atoms with E-state index in [1.165, 1.54) is 10.8 Å². The van der Waals surface area contributed by atoms with Crippen molar-refractivity contribution in [3.63, 3.8) is 0 Å². The normalized spacial score (nSPS) is 12.1. The molecule has 0 aromatic carbocycles. The first-order chi connectivity index (χ1) is 9.09. The van der Waals surface area contributed by atoms with E-state index in [2.05, 4.69) is 42.6 Å². The molecule has 3 rings (SSSR count). The van der Waals surface area contributed by atoms with Crippen molar-refractivity contribution in [3.8, 4) is 0 Å². The third-order valence-electron chi connectivity index (χ3n) is 3.57. The summed E-state index contributed by atoms with van der Waals surface area (Å²) in [4.78, 5) is 12.7. The lowest BCUT2D eigenvalue weighted by Crippen LogP contribution is -1.96. The molecule has 3 aromatic rings. The second-order valence-corrected chi connectivity index (χ2v) is 5.67. The Kier molecular flexibility index (Phi) is 2.77. The SMILES string of the molecule is CC(C)c1nccc2[nH]c3ccnc(C(C)C)c3c12. The van der Waals surface area contributed by atoms with Crippen LogP contribution in [0.15, 0.2) is 24.5 Å². The average molecular weight is 253 g/mol. The average Bonchev–Trinajstić information content (AvgIpc) is 2.76. The first-order valence-electron chi connectivity index (χ1n) is 6.84. The summed E-state index contributed by atoms with van der Waals surface area (Å²) in [5.41, 5.74) is 4.62. The van der Waals surface area contributed by atoms with Gasteiger partial charge in [-0.1, -0.05) is 27.7 Å². The Bertz CT molecular complexity index is 676. The van der Waals surface area contributed by atoms with Crippen LogP contribution in [0.2, 0.25) is 0 Å². The molecule has 0 aliphatic carbocycles. The number of fused-ring (bicyclic) bond motifs is 3. The summed E-state index contributed by atoms with van der Waals surface area (Å²) in [5.74, 6) is 0.811. The van der Waals surface area contributed by atoms with Crippen molar-refractivity contribution in [1.29, 1.82) is 0 Å². The Morgan fingerprint density at radius 3 is 1.58 bits per heavy atom. The fraction of sp³-hybridized carbons (Fsp3) is 0.375. The Labute approximate surface area is 113 Å². The Balaban J connectivity index is 2.52. The van der Waals surface area contributed by atoms with Gasteiger partial charge in [0.2, 0.25) is 0 Å². The highest BCUT2D eigenvalue weighted by Crippen LogP contribution is 2.34. The standard InChI is InChI=1S/C16H19N3/c1-9(2)15-13-11(5-7-17-15)19-12-6-8-18-16(10(3)4)14(12)13/h5-10,19H,1-4H3. The number of hydrogen-bond donors (Lipinski definition) is 1. The Hall–Kier alpha value is -1.90. The largest absolute Gasteiger partial charge is 0.354 e. The minimum atomic E-state index is 0.405. The van der Waals surface area contributed by atoms with Gasteiger partial charge < -0.3 is 4.98 Å². The summed E-state index contributed by atoms with van der Waals surface area (Å²) in [7, 11) is 0. The van der Waals surface area contributed by atoms with Crippen LogP contribution in [-0.2, 0) is 0 Å². The molecule has 3 heterocycles. The van der Waals surface area contributed by atoms with Gasteiger partial charge in [-0.2, -0.15) is 0 Å². The highest BCUT2D eigenvalue weighted by Gasteiger charge is 2.16. The molecule has 0 atom stereocenters. The molecule has 0 aliphatic heterocycles. The third kappa shape index (κ3) is 1.81. The Morgan fingerprint density at radius 2 is 1.21 bits per heavy atom. The number of rotatable bonds is 2. The summed E-state index contributed by atoms with van der Waals surface area (Å²) in [6.45, 7) is 8.75. The summed E-state index contributed by atoms with van der Waals surface area (Å²) in [6, 6.07) is 4.09. The molecule has 98 valence electrons. The highest BCUT2D eigenvalue weighted by molar-refractivity contribution is 6.09. The monoisotopic (exact) mass is 253 g/mol. The van der Waals surface area contributed by atoms with Gasteiger partial charge in [0.05, 0.1) is 11.4 Å². The second-order valence-electron chi connectivity index (χ2n) is 5.67. The lowest BCUT2D eigenvalue weighted by molar-refractivity contribution is 0.828. The zero-order chi connectivity index (χ0) is 13.6. The van der Waals surface area contributed by atoms with E-state index < -0.39 is 0 Å². The van der Waals surface area contributed by atoms with Crippen LogP contribution >= 0.6 is 0 Å². The zero-order valence-corrected chi connectivity index (χ0v) is 11.9. The molecule has 0 saturated carbocycles. The molecule has 0 aliphatic rings. The summed E-state index contributed by atoms with van der Waals surface area (Å²) < 4.78 is 0. The van der Waals surface area contributed by atoms with E-state index in [1.54, 1.807) is 0 Å². The fourth-order valence-electron chi connectivity index (χ4n) is 2.71. The number of nitrogens with zero attached hydrogens (tertiary/aromatic N) is 2. The van der Waals surface area contributed by atoms with Gasteiger partial charge in [-0.3, -0.25) is 9.97 Å². The van der Waals surface area contributed by atoms with Crippen molar-refractivity contribution in [2.75, 3.05) is 0 Å². The summed E-state index contributed by atoms with van der Waals surface area (Å²) >= 11 is 0. The van der Waals surface area contributed by atoms with Crippen LogP contribution in [0.5, 0.6) is 0 Å². The molecular weight excluding hydrogens is 234 g/mol. The van der Waals surface area contributed by atoms with Gasteiger partial charge in [0.25, 0.3) is 0 Å². The summed E-state index contributed by atoms with van der Waals surface area (Å²) in [6.07, 6.45) is 3.77. The fourth-order valence-corrected chi connectivity index (χ4v) is 2.71. The molecule has 0 radical (unpaired) electrons. The van der Waals surface area contributed by atoms with E-state index >= 15 is 0 Å². The van der Waals surface area contributed by atoms with Crippen LogP contribution in [0, 0.1) is 0 Å². The molecule has 1 N–H and O–H groups in total. The molecule has 3 heteroatoms. The maximum Gasteiger partial charge on any atom is 0.0529 e. The number of hydrogen-bond acceptors (Lipinski definition) is 2. The van der Waals surface area contributed by atoms with E-state index in [0.717, 1.165) is 22.4 Å². The van der Waals surface area contributed by atoms with Crippen LogP contribution in [0.3, 0.4) is 0 Å². The number of aromatic nitrogens is 3. The van der Waals surface area contributed by atoms with Gasteiger partial charge >= 0.3 is 0 Å². The topological polar surface area (TPSA) is 41.6 Å². The van der Waals surface area contributed by atoms with E-state index in [9.17, 15) is 0 Å². The van der Waals surface area contributed by atoms with E-state index in [-0.39, 0.29) is 0 Å². The predicted molar refractivity (Wildman–Crippen MR) is 79.6 cm³/mol. The predicted octanol–water partition coefficient (Wildman–Crippen LogP) is 4.36. The van der Waals surface area contributed by atoms with E-state index in [1.807, 2.05) is 24.5 Å². The number of nitrogens with one attached hydrogen (secondary N) is 1. The molecule has 0 amide bonds. The number of H-pyrrole nitrogens is 1. The number of aromatic amines is 1. The Morgan fingerprint density at radius 1 is 0.789 bits per heavy atom. The maximum absolute atomic E-state index is 4.58. The minimum Gasteiger partial charge on any atom is -0.354 e. The van der Waals surface area contributed by atoms with Crippen molar-refractivity contribution in [1.82, 2.24) is 15.0 Å². The van der Waals surface area contributed by atoms with Gasteiger partial charge in [-0.05, 0) is 24.0 Å². The van der Waals surface area contributed by atoms with Gasteiger partial charge in [-0.15, -0.1) is 0 Å². The van der Waals surface area contributed by atoms with Gasteiger partial charge in [0, 0.05) is 34.2 Å². The van der Waals surface area contributed by atoms with Crippen molar-refractivity contribution >= 4 is 21.8 Å². The van der Waals surface area contributed by atoms with Crippen molar-refractivity contribution in [2.45, 2.75) is 39.5 Å². The molecule has 3 nitrogen and oxygen atoms in total. The first-order valence-corrected chi connectivity index (χ1v) is 6.84. The number of pyridine rings is 2. The molecule has 0 bridgehead atoms. The molecule has 3 aromatic heterocycles. The van der Waals surface area contributed by atoms with Crippen molar-refractivity contribution in [3.05, 3.63) is 35.9 Å². The highest BCUT2D eigenvalue weighted by atomic mass is 14.8. The maximum atomic E-state index is 4.58. The summed E-state index contributed by atoms with van der Waals surface area (Å²) in [5, 5.41) is 2.48.